The molecule has 2 rings (SSSR count). The van der Waals surface area contributed by atoms with E-state index in [1.54, 1.807) is 12.1 Å². The van der Waals surface area contributed by atoms with Crippen LogP contribution < -0.4 is 10.6 Å². The van der Waals surface area contributed by atoms with Crippen LogP contribution in [0, 0.1) is 0 Å². The van der Waals surface area contributed by atoms with Gasteiger partial charge in [-0.05, 0) is 45.8 Å². The molecule has 6 heteroatoms. The quantitative estimate of drug-likeness (QED) is 0.772. The number of nitrogens with one attached hydrogen (secondary N) is 2. The lowest BCUT2D eigenvalue weighted by molar-refractivity contribution is 0.168. The van der Waals surface area contributed by atoms with Crippen LogP contribution in [0.1, 0.15) is 37.4 Å². The van der Waals surface area contributed by atoms with E-state index in [2.05, 4.69) is 29.6 Å². The predicted molar refractivity (Wildman–Crippen MR) is 92.7 cm³/mol. The Bertz CT molecular complexity index is 524. The first kappa shape index (κ1) is 18.0. The molecule has 3 N–H and O–H groups in total. The molecular formula is C17H26ClN3O2. The number of halogens is 1. The summed E-state index contributed by atoms with van der Waals surface area (Å²) in [5.74, 6) is 0. The topological polar surface area (TPSA) is 64.6 Å². The van der Waals surface area contributed by atoms with Gasteiger partial charge in [0.1, 0.15) is 0 Å². The number of carbonyl (C=O) groups is 1. The van der Waals surface area contributed by atoms with E-state index in [0.29, 0.717) is 16.6 Å². The highest BCUT2D eigenvalue weighted by atomic mass is 35.5. The van der Waals surface area contributed by atoms with Crippen molar-refractivity contribution in [2.45, 2.75) is 43.9 Å². The van der Waals surface area contributed by atoms with Gasteiger partial charge in [-0.2, -0.15) is 0 Å². The highest BCUT2D eigenvalue weighted by molar-refractivity contribution is 6.31. The van der Waals surface area contributed by atoms with Gasteiger partial charge in [-0.1, -0.05) is 29.8 Å². The molecule has 0 aliphatic heterocycles. The molecule has 3 atom stereocenters. The number of aliphatic hydroxyl groups excluding tert-OH is 1. The number of hydrogen-bond acceptors (Lipinski definition) is 3. The third kappa shape index (κ3) is 5.37. The lowest BCUT2D eigenvalue weighted by atomic mass is 9.90. The fraction of sp³-hybridized carbons (Fsp3) is 0.588. The van der Waals surface area contributed by atoms with Crippen molar-refractivity contribution in [2.24, 2.45) is 0 Å². The average Bonchev–Trinajstić information content (AvgIpc) is 2.53. The van der Waals surface area contributed by atoms with E-state index in [0.717, 1.165) is 19.3 Å². The van der Waals surface area contributed by atoms with E-state index in [-0.39, 0.29) is 18.6 Å². The second-order valence-corrected chi connectivity index (χ2v) is 6.78. The number of amides is 2. The van der Waals surface area contributed by atoms with Crippen LogP contribution >= 0.6 is 11.6 Å². The van der Waals surface area contributed by atoms with Crippen LogP contribution in [0.15, 0.2) is 24.3 Å². The van der Waals surface area contributed by atoms with Gasteiger partial charge in [-0.3, -0.25) is 0 Å². The van der Waals surface area contributed by atoms with Gasteiger partial charge in [-0.25, -0.2) is 4.79 Å². The number of urea groups is 1. The molecule has 0 aromatic heterocycles. The maximum absolute atomic E-state index is 12.0. The van der Waals surface area contributed by atoms with Crippen molar-refractivity contribution in [1.29, 1.82) is 0 Å². The molecule has 0 bridgehead atoms. The predicted octanol–water partition coefficient (Wildman–Crippen LogP) is 2.55. The van der Waals surface area contributed by atoms with Crippen LogP contribution in [-0.2, 0) is 0 Å². The maximum Gasteiger partial charge on any atom is 0.315 e. The molecule has 128 valence electrons. The van der Waals surface area contributed by atoms with Gasteiger partial charge in [0.15, 0.2) is 0 Å². The van der Waals surface area contributed by atoms with Crippen LogP contribution in [0.2, 0.25) is 5.02 Å². The smallest absolute Gasteiger partial charge is 0.315 e. The number of aliphatic hydroxyl groups is 1. The van der Waals surface area contributed by atoms with Crippen LogP contribution in [-0.4, -0.2) is 48.8 Å². The summed E-state index contributed by atoms with van der Waals surface area (Å²) in [5, 5.41) is 16.4. The van der Waals surface area contributed by atoms with Gasteiger partial charge >= 0.3 is 6.03 Å². The molecule has 3 unspecified atom stereocenters. The van der Waals surface area contributed by atoms with Gasteiger partial charge in [0, 0.05) is 29.2 Å². The summed E-state index contributed by atoms with van der Waals surface area (Å²) in [6.45, 7) is 0.138. The minimum atomic E-state index is -0.810. The Morgan fingerprint density at radius 2 is 2.13 bits per heavy atom. The van der Waals surface area contributed by atoms with E-state index in [4.69, 9.17) is 11.6 Å². The second-order valence-electron chi connectivity index (χ2n) is 6.37. The summed E-state index contributed by atoms with van der Waals surface area (Å²) in [6, 6.07) is 7.58. The summed E-state index contributed by atoms with van der Waals surface area (Å²) >= 11 is 6.04. The summed E-state index contributed by atoms with van der Waals surface area (Å²) in [7, 11) is 4.15. The molecule has 1 aromatic rings. The molecule has 1 fully saturated rings. The van der Waals surface area contributed by atoms with E-state index in [1.165, 1.54) is 6.42 Å². The first-order valence-electron chi connectivity index (χ1n) is 8.10. The molecule has 1 aliphatic rings. The number of benzene rings is 1. The van der Waals surface area contributed by atoms with Gasteiger partial charge in [0.2, 0.25) is 0 Å². The first-order chi connectivity index (χ1) is 11.0. The zero-order valence-corrected chi connectivity index (χ0v) is 14.5. The number of nitrogens with zero attached hydrogens (tertiary/aromatic N) is 1. The van der Waals surface area contributed by atoms with Crippen molar-refractivity contribution in [3.05, 3.63) is 34.9 Å². The summed E-state index contributed by atoms with van der Waals surface area (Å²) < 4.78 is 0. The molecule has 0 spiro atoms. The Balaban J connectivity index is 1.78. The summed E-state index contributed by atoms with van der Waals surface area (Å²) in [6.07, 6.45) is 3.46. The molecule has 0 radical (unpaired) electrons. The molecule has 0 saturated heterocycles. The van der Waals surface area contributed by atoms with Gasteiger partial charge in [0.05, 0.1) is 6.10 Å². The van der Waals surface area contributed by atoms with Crippen LogP contribution in [0.4, 0.5) is 4.79 Å². The van der Waals surface area contributed by atoms with Gasteiger partial charge in [-0.15, -0.1) is 0 Å². The van der Waals surface area contributed by atoms with Crippen LogP contribution in [0.5, 0.6) is 0 Å². The highest BCUT2D eigenvalue weighted by Gasteiger charge is 2.24. The van der Waals surface area contributed by atoms with Crippen molar-refractivity contribution < 1.29 is 9.90 Å². The molecular weight excluding hydrogens is 314 g/mol. The van der Waals surface area contributed by atoms with Gasteiger partial charge in [0.25, 0.3) is 0 Å². The molecule has 1 aliphatic carbocycles. The standard InChI is InChI=1S/C17H26ClN3O2/c1-21(2)13-7-5-6-12(10-13)20-17(23)19-11-16(22)14-8-3-4-9-15(14)18/h3-4,8-9,12-13,16,22H,5-7,10-11H2,1-2H3,(H2,19,20,23). The van der Waals surface area contributed by atoms with E-state index >= 15 is 0 Å². The highest BCUT2D eigenvalue weighted by Crippen LogP contribution is 2.23. The average molecular weight is 340 g/mol. The van der Waals surface area contributed by atoms with Crippen molar-refractivity contribution in [1.82, 2.24) is 15.5 Å². The Morgan fingerprint density at radius 1 is 1.39 bits per heavy atom. The van der Waals surface area contributed by atoms with Crippen LogP contribution in [0.3, 0.4) is 0 Å². The Hall–Kier alpha value is -1.30. The van der Waals surface area contributed by atoms with E-state index in [1.807, 2.05) is 12.1 Å². The first-order valence-corrected chi connectivity index (χ1v) is 8.48. The van der Waals surface area contributed by atoms with E-state index < -0.39 is 6.10 Å². The van der Waals surface area contributed by atoms with E-state index in [9.17, 15) is 9.90 Å². The second kappa shape index (κ2) is 8.52. The largest absolute Gasteiger partial charge is 0.387 e. The molecule has 5 nitrogen and oxygen atoms in total. The number of rotatable bonds is 5. The SMILES string of the molecule is CN(C)C1CCCC(NC(=O)NCC(O)c2ccccc2Cl)C1. The third-order valence-electron chi connectivity index (χ3n) is 4.43. The Morgan fingerprint density at radius 3 is 2.83 bits per heavy atom. The maximum atomic E-state index is 12.0. The van der Waals surface area contributed by atoms with Crippen molar-refractivity contribution in [3.63, 3.8) is 0 Å². The fourth-order valence-electron chi connectivity index (χ4n) is 3.05. The molecule has 23 heavy (non-hydrogen) atoms. The zero-order valence-electron chi connectivity index (χ0n) is 13.8. The lowest BCUT2D eigenvalue weighted by Gasteiger charge is -2.33. The minimum absolute atomic E-state index is 0.138. The Labute approximate surface area is 143 Å². The third-order valence-corrected chi connectivity index (χ3v) is 4.78. The molecule has 0 heterocycles. The summed E-state index contributed by atoms with van der Waals surface area (Å²) in [4.78, 5) is 14.2. The Kier molecular flexibility index (Phi) is 6.69. The van der Waals surface area contributed by atoms with Gasteiger partial charge < -0.3 is 20.6 Å². The lowest BCUT2D eigenvalue weighted by Crippen LogP contribution is -2.47. The van der Waals surface area contributed by atoms with Crippen LogP contribution in [0.25, 0.3) is 0 Å². The molecule has 1 saturated carbocycles. The van der Waals surface area contributed by atoms with Crippen molar-refractivity contribution in [2.75, 3.05) is 20.6 Å². The monoisotopic (exact) mass is 339 g/mol. The normalized spacial score (nSPS) is 22.7. The minimum Gasteiger partial charge on any atom is -0.387 e. The number of hydrogen-bond donors (Lipinski definition) is 3. The van der Waals surface area contributed by atoms with Crippen molar-refractivity contribution >= 4 is 17.6 Å². The van der Waals surface area contributed by atoms with Crippen molar-refractivity contribution in [3.8, 4) is 0 Å². The zero-order chi connectivity index (χ0) is 16.8. The summed E-state index contributed by atoms with van der Waals surface area (Å²) in [5.41, 5.74) is 0.625. The fourth-order valence-corrected chi connectivity index (χ4v) is 3.31. The number of carbonyl (C=O) groups excluding carboxylic acids is 1. The molecule has 1 aromatic carbocycles. The molecule has 2 amide bonds.